The van der Waals surface area contributed by atoms with Crippen molar-refractivity contribution in [3.05, 3.63) is 33.9 Å². The molecule has 0 unspecified atom stereocenters. The van der Waals surface area contributed by atoms with E-state index in [-0.39, 0.29) is 23.0 Å². The van der Waals surface area contributed by atoms with Gasteiger partial charge in [0.15, 0.2) is 0 Å². The molecule has 1 saturated carbocycles. The van der Waals surface area contributed by atoms with Crippen molar-refractivity contribution in [2.75, 3.05) is 5.73 Å². The van der Waals surface area contributed by atoms with E-state index in [2.05, 4.69) is 12.2 Å². The quantitative estimate of drug-likeness (QED) is 0.484. The number of hydrogen-bond acceptors (Lipinski definition) is 4. The van der Waals surface area contributed by atoms with Crippen LogP contribution in [0.2, 0.25) is 0 Å². The van der Waals surface area contributed by atoms with Crippen molar-refractivity contribution in [2.45, 2.75) is 25.8 Å². The lowest BCUT2D eigenvalue weighted by Crippen LogP contribution is -2.43. The number of nitro groups is 1. The summed E-state index contributed by atoms with van der Waals surface area (Å²) in [5, 5.41) is 13.7. The second-order valence-electron chi connectivity index (χ2n) is 4.75. The lowest BCUT2D eigenvalue weighted by molar-refractivity contribution is -0.384. The Morgan fingerprint density at radius 1 is 1.50 bits per heavy atom. The fraction of sp³-hybridized carbons (Fsp3) is 0.417. The van der Waals surface area contributed by atoms with Gasteiger partial charge in [-0.3, -0.25) is 14.9 Å². The van der Waals surface area contributed by atoms with Crippen molar-refractivity contribution >= 4 is 17.3 Å². The third-order valence-corrected chi connectivity index (χ3v) is 3.20. The maximum atomic E-state index is 12.0. The zero-order valence-corrected chi connectivity index (χ0v) is 10.1. The first-order chi connectivity index (χ1) is 8.49. The Morgan fingerprint density at radius 2 is 2.17 bits per heavy atom. The Balaban J connectivity index is 2.19. The third kappa shape index (κ3) is 2.27. The zero-order chi connectivity index (χ0) is 13.3. The fourth-order valence-corrected chi connectivity index (χ4v) is 2.23. The number of carbonyl (C=O) groups excluding carboxylic acids is 1. The molecule has 0 spiro atoms. The van der Waals surface area contributed by atoms with Gasteiger partial charge in [-0.05, 0) is 30.9 Å². The van der Waals surface area contributed by atoms with E-state index in [1.165, 1.54) is 12.1 Å². The molecule has 0 atom stereocenters. The van der Waals surface area contributed by atoms with Crippen molar-refractivity contribution in [1.82, 2.24) is 5.32 Å². The second kappa shape index (κ2) is 4.64. The maximum Gasteiger partial charge on any atom is 0.304 e. The van der Waals surface area contributed by atoms with Crippen molar-refractivity contribution in [3.63, 3.8) is 0 Å². The van der Waals surface area contributed by atoms with Crippen LogP contribution >= 0.6 is 0 Å². The topological polar surface area (TPSA) is 98.3 Å². The number of para-hydroxylation sites is 1. The summed E-state index contributed by atoms with van der Waals surface area (Å²) in [5.74, 6) is 0.178. The van der Waals surface area contributed by atoms with Crippen LogP contribution in [-0.4, -0.2) is 16.9 Å². The van der Waals surface area contributed by atoms with Gasteiger partial charge in [-0.25, -0.2) is 0 Å². The first-order valence-electron chi connectivity index (χ1n) is 5.82. The number of amides is 1. The van der Waals surface area contributed by atoms with Crippen LogP contribution in [-0.2, 0) is 0 Å². The minimum atomic E-state index is -0.617. The lowest BCUT2D eigenvalue weighted by atomic mass is 9.82. The number of nitro benzene ring substituents is 1. The van der Waals surface area contributed by atoms with E-state index in [0.717, 1.165) is 12.8 Å². The van der Waals surface area contributed by atoms with Crippen molar-refractivity contribution in [1.29, 1.82) is 0 Å². The number of nitrogens with one attached hydrogen (secondary N) is 1. The molecule has 0 aliphatic heterocycles. The number of hydrogen-bond donors (Lipinski definition) is 2. The lowest BCUT2D eigenvalue weighted by Gasteiger charge is -2.33. The van der Waals surface area contributed by atoms with E-state index < -0.39 is 10.8 Å². The predicted octanol–water partition coefficient (Wildman–Crippen LogP) is 1.71. The molecule has 0 heterocycles. The van der Waals surface area contributed by atoms with Crippen LogP contribution in [0.25, 0.3) is 0 Å². The number of carbonyl (C=O) groups is 1. The van der Waals surface area contributed by atoms with Gasteiger partial charge in [-0.2, -0.15) is 0 Å². The minimum absolute atomic E-state index is 0.00891. The number of anilines is 1. The number of nitrogens with zero attached hydrogens (tertiary/aromatic N) is 1. The standard InChI is InChI=1S/C12H15N3O3/c1-7-5-8(6-7)14-12(16)9-3-2-4-10(13)11(9)15(17)18/h2-4,7-8H,5-6,13H2,1H3,(H,14,16). The Labute approximate surface area is 104 Å². The number of nitrogen functional groups attached to an aromatic ring is 1. The van der Waals surface area contributed by atoms with Gasteiger partial charge in [0, 0.05) is 6.04 Å². The Hall–Kier alpha value is -2.11. The van der Waals surface area contributed by atoms with Gasteiger partial charge >= 0.3 is 5.69 Å². The molecule has 6 heteroatoms. The van der Waals surface area contributed by atoms with Crippen molar-refractivity contribution in [3.8, 4) is 0 Å². The van der Waals surface area contributed by atoms with Gasteiger partial charge in [-0.15, -0.1) is 0 Å². The summed E-state index contributed by atoms with van der Waals surface area (Å²) in [6.07, 6.45) is 1.84. The van der Waals surface area contributed by atoms with E-state index >= 15 is 0 Å². The monoisotopic (exact) mass is 249 g/mol. The van der Waals surface area contributed by atoms with E-state index in [4.69, 9.17) is 5.73 Å². The number of benzene rings is 1. The van der Waals surface area contributed by atoms with Gasteiger partial charge in [0.2, 0.25) is 0 Å². The molecule has 1 aliphatic rings. The van der Waals surface area contributed by atoms with Crippen LogP contribution in [0.1, 0.15) is 30.1 Å². The fourth-order valence-electron chi connectivity index (χ4n) is 2.23. The molecule has 3 N–H and O–H groups in total. The van der Waals surface area contributed by atoms with Gasteiger partial charge in [0.25, 0.3) is 5.91 Å². The highest BCUT2D eigenvalue weighted by atomic mass is 16.6. The molecule has 0 saturated heterocycles. The van der Waals surface area contributed by atoms with Crippen LogP contribution in [0.5, 0.6) is 0 Å². The zero-order valence-electron chi connectivity index (χ0n) is 10.1. The van der Waals surface area contributed by atoms with Gasteiger partial charge < -0.3 is 11.1 Å². The molecule has 1 aromatic rings. The summed E-state index contributed by atoms with van der Waals surface area (Å²) in [6.45, 7) is 2.10. The van der Waals surface area contributed by atoms with Crippen LogP contribution in [0, 0.1) is 16.0 Å². The van der Waals surface area contributed by atoms with Crippen LogP contribution in [0.15, 0.2) is 18.2 Å². The smallest absolute Gasteiger partial charge is 0.304 e. The molecule has 2 rings (SSSR count). The van der Waals surface area contributed by atoms with Crippen molar-refractivity contribution < 1.29 is 9.72 Å². The third-order valence-electron chi connectivity index (χ3n) is 3.20. The average Bonchev–Trinajstić information content (AvgIpc) is 2.26. The summed E-state index contributed by atoms with van der Waals surface area (Å²) in [4.78, 5) is 22.3. The highest BCUT2D eigenvalue weighted by molar-refractivity contribution is 6.00. The highest BCUT2D eigenvalue weighted by Crippen LogP contribution is 2.29. The Bertz CT molecular complexity index is 495. The summed E-state index contributed by atoms with van der Waals surface area (Å²) in [6, 6.07) is 4.50. The molecule has 18 heavy (non-hydrogen) atoms. The van der Waals surface area contributed by atoms with Gasteiger partial charge in [0.1, 0.15) is 11.3 Å². The molecule has 1 aliphatic carbocycles. The second-order valence-corrected chi connectivity index (χ2v) is 4.75. The van der Waals surface area contributed by atoms with Crippen LogP contribution in [0.4, 0.5) is 11.4 Å². The van der Waals surface area contributed by atoms with Gasteiger partial charge in [-0.1, -0.05) is 13.0 Å². The molecular weight excluding hydrogens is 234 g/mol. The first-order valence-corrected chi connectivity index (χ1v) is 5.82. The summed E-state index contributed by atoms with van der Waals surface area (Å²) in [5.41, 5.74) is 5.26. The maximum absolute atomic E-state index is 12.0. The molecule has 0 bridgehead atoms. The molecule has 96 valence electrons. The molecular formula is C12H15N3O3. The SMILES string of the molecule is CC1CC(NC(=O)c2cccc(N)c2[N+](=O)[O-])C1. The molecule has 1 fully saturated rings. The summed E-state index contributed by atoms with van der Waals surface area (Å²) >= 11 is 0. The number of rotatable bonds is 3. The molecule has 6 nitrogen and oxygen atoms in total. The van der Waals surface area contributed by atoms with E-state index in [1.54, 1.807) is 6.07 Å². The molecule has 0 radical (unpaired) electrons. The van der Waals surface area contributed by atoms with Crippen molar-refractivity contribution in [2.24, 2.45) is 5.92 Å². The van der Waals surface area contributed by atoms with E-state index in [9.17, 15) is 14.9 Å². The van der Waals surface area contributed by atoms with Gasteiger partial charge in [0.05, 0.1) is 4.92 Å². The highest BCUT2D eigenvalue weighted by Gasteiger charge is 2.29. The normalized spacial score (nSPS) is 22.1. The van der Waals surface area contributed by atoms with E-state index in [1.807, 2.05) is 0 Å². The van der Waals surface area contributed by atoms with Crippen LogP contribution in [0.3, 0.4) is 0 Å². The average molecular weight is 249 g/mol. The van der Waals surface area contributed by atoms with E-state index in [0.29, 0.717) is 5.92 Å². The Kier molecular flexibility index (Phi) is 3.18. The molecule has 1 amide bonds. The largest absolute Gasteiger partial charge is 0.393 e. The first kappa shape index (κ1) is 12.3. The summed E-state index contributed by atoms with van der Waals surface area (Å²) in [7, 11) is 0. The summed E-state index contributed by atoms with van der Waals surface area (Å²) < 4.78 is 0. The predicted molar refractivity (Wildman–Crippen MR) is 67.2 cm³/mol. The van der Waals surface area contributed by atoms with Crippen LogP contribution < -0.4 is 11.1 Å². The molecule has 0 aromatic heterocycles. The Morgan fingerprint density at radius 3 is 2.72 bits per heavy atom. The minimum Gasteiger partial charge on any atom is -0.393 e. The molecule has 1 aromatic carbocycles. The number of nitrogens with two attached hydrogens (primary N) is 1.